The van der Waals surface area contributed by atoms with E-state index in [9.17, 15) is 14.9 Å². The van der Waals surface area contributed by atoms with Crippen LogP contribution in [0.2, 0.25) is 0 Å². The monoisotopic (exact) mass is 289 g/mol. The maximum atomic E-state index is 12.0. The van der Waals surface area contributed by atoms with Gasteiger partial charge < -0.3 is 5.32 Å². The largest absolute Gasteiger partial charge is 0.319 e. The maximum Gasteiger partial charge on any atom is 0.319 e. The van der Waals surface area contributed by atoms with Crippen LogP contribution >= 0.6 is 11.3 Å². The Hall–Kier alpha value is -2.81. The van der Waals surface area contributed by atoms with Gasteiger partial charge in [0.25, 0.3) is 5.91 Å². The molecule has 3 aromatic heterocycles. The Kier molecular flexibility index (Phi) is 2.88. The van der Waals surface area contributed by atoms with E-state index in [1.54, 1.807) is 6.20 Å². The third-order valence-electron chi connectivity index (χ3n) is 2.65. The minimum absolute atomic E-state index is 0.205. The lowest BCUT2D eigenvalue weighted by molar-refractivity contribution is -0.385. The molecule has 0 aliphatic rings. The molecule has 2 N–H and O–H groups in total. The molecular formula is C11H7N5O3S. The van der Waals surface area contributed by atoms with E-state index in [0.29, 0.717) is 5.82 Å². The molecule has 0 atom stereocenters. The lowest BCUT2D eigenvalue weighted by atomic mass is 10.3. The molecule has 0 unspecified atom stereocenters. The van der Waals surface area contributed by atoms with E-state index in [-0.39, 0.29) is 11.4 Å². The molecule has 0 aromatic carbocycles. The van der Waals surface area contributed by atoms with Crippen LogP contribution in [0.5, 0.6) is 0 Å². The van der Waals surface area contributed by atoms with Crippen LogP contribution in [-0.4, -0.2) is 26.0 Å². The molecule has 20 heavy (non-hydrogen) atoms. The number of H-pyrrole nitrogens is 1. The number of nitro groups is 1. The minimum atomic E-state index is -0.670. The summed E-state index contributed by atoms with van der Waals surface area (Å²) in [5.41, 5.74) is -0.580. The van der Waals surface area contributed by atoms with E-state index in [1.807, 2.05) is 17.5 Å². The molecule has 100 valence electrons. The molecule has 0 saturated carbocycles. The first-order chi connectivity index (χ1) is 9.66. The number of rotatable bonds is 3. The van der Waals surface area contributed by atoms with Crippen LogP contribution in [0.15, 0.2) is 29.9 Å². The first-order valence-corrected chi connectivity index (χ1v) is 6.36. The van der Waals surface area contributed by atoms with E-state index in [0.717, 1.165) is 16.3 Å². The topological polar surface area (TPSA) is 114 Å². The summed E-state index contributed by atoms with van der Waals surface area (Å²) in [6.07, 6.45) is 2.56. The number of nitrogens with one attached hydrogen (secondary N) is 2. The summed E-state index contributed by atoms with van der Waals surface area (Å²) in [5.74, 6) is -0.293. The Labute approximate surface area is 115 Å². The zero-order chi connectivity index (χ0) is 14.1. The van der Waals surface area contributed by atoms with E-state index < -0.39 is 10.8 Å². The Morgan fingerprint density at radius 3 is 3.10 bits per heavy atom. The van der Waals surface area contributed by atoms with Gasteiger partial charge in [0.15, 0.2) is 0 Å². The summed E-state index contributed by atoms with van der Waals surface area (Å²) in [4.78, 5) is 26.2. The first kappa shape index (κ1) is 12.2. The Bertz CT molecular complexity index is 809. The van der Waals surface area contributed by atoms with Gasteiger partial charge in [-0.15, -0.1) is 11.3 Å². The molecule has 3 rings (SSSR count). The van der Waals surface area contributed by atoms with Crippen molar-refractivity contribution in [1.29, 1.82) is 0 Å². The fraction of sp³-hybridized carbons (Fsp3) is 0. The van der Waals surface area contributed by atoms with Gasteiger partial charge in [0.2, 0.25) is 5.69 Å². The third-order valence-corrected chi connectivity index (χ3v) is 3.54. The lowest BCUT2D eigenvalue weighted by Gasteiger charge is -2.03. The summed E-state index contributed by atoms with van der Waals surface area (Å²) in [7, 11) is 0. The number of aromatic amines is 1. The second kappa shape index (κ2) is 4.70. The van der Waals surface area contributed by atoms with E-state index >= 15 is 0 Å². The second-order valence-corrected chi connectivity index (χ2v) is 4.78. The van der Waals surface area contributed by atoms with Crippen molar-refractivity contribution >= 4 is 38.8 Å². The fourth-order valence-electron chi connectivity index (χ4n) is 1.75. The first-order valence-electron chi connectivity index (χ1n) is 5.48. The molecule has 9 heteroatoms. The van der Waals surface area contributed by atoms with Gasteiger partial charge in [-0.05, 0) is 17.5 Å². The number of anilines is 1. The molecule has 3 aromatic rings. The van der Waals surface area contributed by atoms with Gasteiger partial charge in [-0.3, -0.25) is 20.0 Å². The van der Waals surface area contributed by atoms with Crippen LogP contribution in [0.3, 0.4) is 0 Å². The molecule has 8 nitrogen and oxygen atoms in total. The Morgan fingerprint density at radius 1 is 1.45 bits per heavy atom. The average Bonchev–Trinajstić information content (AvgIpc) is 3.08. The average molecular weight is 289 g/mol. The maximum absolute atomic E-state index is 12.0. The van der Waals surface area contributed by atoms with Crippen LogP contribution in [0.4, 0.5) is 11.5 Å². The van der Waals surface area contributed by atoms with Crippen molar-refractivity contribution in [3.63, 3.8) is 0 Å². The van der Waals surface area contributed by atoms with Crippen molar-refractivity contribution in [2.45, 2.75) is 0 Å². The smallest absolute Gasteiger partial charge is 0.304 e. The quantitative estimate of drug-likeness (QED) is 0.566. The summed E-state index contributed by atoms with van der Waals surface area (Å²) in [6.45, 7) is 0. The van der Waals surface area contributed by atoms with Crippen molar-refractivity contribution < 1.29 is 9.72 Å². The molecular weight excluding hydrogens is 282 g/mol. The van der Waals surface area contributed by atoms with E-state index in [1.165, 1.54) is 11.3 Å². The Morgan fingerprint density at radius 2 is 2.30 bits per heavy atom. The fourth-order valence-corrected chi connectivity index (χ4v) is 2.53. The molecule has 0 aliphatic carbocycles. The molecule has 0 radical (unpaired) electrons. The number of thiophene rings is 1. The van der Waals surface area contributed by atoms with Gasteiger partial charge in [-0.25, -0.2) is 4.98 Å². The highest BCUT2D eigenvalue weighted by molar-refractivity contribution is 7.17. The molecule has 0 fully saturated rings. The SMILES string of the molecule is O=C(Nc1nccc2sccc12)c1[nH]ncc1[N+](=O)[O-]. The van der Waals surface area contributed by atoms with Crippen LogP contribution in [0, 0.1) is 10.1 Å². The van der Waals surface area contributed by atoms with Gasteiger partial charge in [-0.2, -0.15) is 5.10 Å². The second-order valence-electron chi connectivity index (χ2n) is 3.83. The number of aromatic nitrogens is 3. The summed E-state index contributed by atoms with van der Waals surface area (Å²) < 4.78 is 0.967. The van der Waals surface area contributed by atoms with Gasteiger partial charge in [-0.1, -0.05) is 0 Å². The van der Waals surface area contributed by atoms with E-state index in [2.05, 4.69) is 20.5 Å². The van der Waals surface area contributed by atoms with Crippen LogP contribution in [0.1, 0.15) is 10.5 Å². The predicted molar refractivity (Wildman–Crippen MR) is 72.8 cm³/mol. The molecule has 3 heterocycles. The van der Waals surface area contributed by atoms with Gasteiger partial charge in [0, 0.05) is 16.3 Å². The summed E-state index contributed by atoms with van der Waals surface area (Å²) in [5, 5.41) is 21.8. The number of carbonyl (C=O) groups is 1. The van der Waals surface area contributed by atoms with Crippen molar-refractivity contribution in [2.24, 2.45) is 0 Å². The zero-order valence-electron chi connectivity index (χ0n) is 9.86. The van der Waals surface area contributed by atoms with Crippen molar-refractivity contribution in [3.05, 3.63) is 45.7 Å². The Balaban J connectivity index is 1.95. The van der Waals surface area contributed by atoms with Crippen LogP contribution in [-0.2, 0) is 0 Å². The van der Waals surface area contributed by atoms with Gasteiger partial charge >= 0.3 is 5.69 Å². The number of hydrogen-bond acceptors (Lipinski definition) is 6. The van der Waals surface area contributed by atoms with Crippen molar-refractivity contribution in [2.75, 3.05) is 5.32 Å². The summed E-state index contributed by atoms with van der Waals surface area (Å²) in [6, 6.07) is 3.65. The van der Waals surface area contributed by atoms with E-state index in [4.69, 9.17) is 0 Å². The highest BCUT2D eigenvalue weighted by atomic mass is 32.1. The number of hydrogen-bond donors (Lipinski definition) is 2. The highest BCUT2D eigenvalue weighted by Crippen LogP contribution is 2.26. The highest BCUT2D eigenvalue weighted by Gasteiger charge is 2.23. The van der Waals surface area contributed by atoms with Crippen LogP contribution in [0.25, 0.3) is 10.1 Å². The van der Waals surface area contributed by atoms with Gasteiger partial charge in [0.1, 0.15) is 12.0 Å². The molecule has 0 saturated heterocycles. The molecule has 0 spiro atoms. The molecule has 0 bridgehead atoms. The standard InChI is InChI=1S/C11H7N5O3S/c17-11(9-7(16(18)19)5-13-15-9)14-10-6-2-4-20-8(6)1-3-12-10/h1-5H,(H,13,15)(H,12,14,17). The number of amides is 1. The number of pyridine rings is 1. The van der Waals surface area contributed by atoms with Crippen LogP contribution < -0.4 is 5.32 Å². The molecule has 0 aliphatic heterocycles. The lowest BCUT2D eigenvalue weighted by Crippen LogP contribution is -2.15. The normalized spacial score (nSPS) is 10.6. The van der Waals surface area contributed by atoms with Crippen molar-refractivity contribution in [3.8, 4) is 0 Å². The zero-order valence-corrected chi connectivity index (χ0v) is 10.7. The number of carbonyl (C=O) groups excluding carboxylic acids is 1. The predicted octanol–water partition coefficient (Wildman–Crippen LogP) is 2.18. The number of nitrogens with zero attached hydrogens (tertiary/aromatic N) is 3. The summed E-state index contributed by atoms with van der Waals surface area (Å²) >= 11 is 1.51. The third kappa shape index (κ3) is 1.99. The van der Waals surface area contributed by atoms with Gasteiger partial charge in [0.05, 0.1) is 4.92 Å². The minimum Gasteiger partial charge on any atom is -0.304 e. The van der Waals surface area contributed by atoms with Crippen molar-refractivity contribution in [1.82, 2.24) is 15.2 Å². The molecule has 1 amide bonds. The number of fused-ring (bicyclic) bond motifs is 1.